The zero-order chi connectivity index (χ0) is 20.6. The van der Waals surface area contributed by atoms with Crippen molar-refractivity contribution in [2.24, 2.45) is 7.05 Å². The fraction of sp³-hybridized carbons (Fsp3) is 0.389. The molecular formula is C18H19F3N4O2S. The van der Waals surface area contributed by atoms with Gasteiger partial charge in [0.05, 0.1) is 29.5 Å². The number of fused-ring (bicyclic) bond motifs is 1. The van der Waals surface area contributed by atoms with Crippen LogP contribution in [0.5, 0.6) is 5.75 Å². The van der Waals surface area contributed by atoms with Crippen molar-refractivity contribution in [3.8, 4) is 17.3 Å². The second kappa shape index (κ2) is 7.59. The van der Waals surface area contributed by atoms with Crippen molar-refractivity contribution >= 4 is 22.2 Å². The smallest absolute Gasteiger partial charge is 0.433 e. The molecule has 0 amide bonds. The number of aromatic nitrogens is 4. The van der Waals surface area contributed by atoms with E-state index in [9.17, 15) is 17.7 Å². The normalized spacial score (nSPS) is 13.3. The molecule has 0 aliphatic rings. The fourth-order valence-electron chi connectivity index (χ4n) is 2.72. The van der Waals surface area contributed by atoms with Gasteiger partial charge in [-0.25, -0.2) is 15.0 Å². The lowest BCUT2D eigenvalue weighted by atomic mass is 10.3. The van der Waals surface area contributed by atoms with Crippen molar-refractivity contribution in [3.05, 3.63) is 30.2 Å². The van der Waals surface area contributed by atoms with Crippen molar-refractivity contribution in [1.82, 2.24) is 19.5 Å². The van der Waals surface area contributed by atoms with E-state index in [2.05, 4.69) is 15.0 Å². The van der Waals surface area contributed by atoms with E-state index in [0.717, 1.165) is 12.3 Å². The summed E-state index contributed by atoms with van der Waals surface area (Å²) in [6.07, 6.45) is -2.03. The monoisotopic (exact) mass is 412 g/mol. The molecule has 0 aliphatic carbocycles. The number of imidazole rings is 1. The van der Waals surface area contributed by atoms with Crippen LogP contribution in [0, 0.1) is 0 Å². The number of hydrogen-bond donors (Lipinski definition) is 0. The maximum atomic E-state index is 12.9. The molecule has 3 heterocycles. The first-order chi connectivity index (χ1) is 13.1. The Kier molecular flexibility index (Phi) is 5.53. The molecule has 1 unspecified atom stereocenters. The van der Waals surface area contributed by atoms with Crippen molar-refractivity contribution in [1.29, 1.82) is 0 Å². The van der Waals surface area contributed by atoms with Gasteiger partial charge in [-0.2, -0.15) is 13.2 Å². The number of alkyl halides is 3. The zero-order valence-electron chi connectivity index (χ0n) is 15.7. The van der Waals surface area contributed by atoms with E-state index in [1.54, 1.807) is 24.6 Å². The molecule has 0 saturated heterocycles. The van der Waals surface area contributed by atoms with Gasteiger partial charge in [-0.1, -0.05) is 0 Å². The second-order valence-corrected chi connectivity index (χ2v) is 8.08. The van der Waals surface area contributed by atoms with Gasteiger partial charge in [-0.3, -0.25) is 0 Å². The molecule has 0 radical (unpaired) electrons. The first-order valence-electron chi connectivity index (χ1n) is 8.57. The largest absolute Gasteiger partial charge is 0.611 e. The fourth-order valence-corrected chi connectivity index (χ4v) is 3.63. The Morgan fingerprint density at radius 1 is 1.21 bits per heavy atom. The van der Waals surface area contributed by atoms with Crippen LogP contribution in [0.4, 0.5) is 13.2 Å². The minimum absolute atomic E-state index is 0.0850. The molecule has 0 saturated carbocycles. The number of hydrogen-bond acceptors (Lipinski definition) is 5. The Morgan fingerprint density at radius 2 is 1.93 bits per heavy atom. The first kappa shape index (κ1) is 20.4. The molecule has 0 bridgehead atoms. The van der Waals surface area contributed by atoms with Crippen LogP contribution in [0.3, 0.4) is 0 Å². The van der Waals surface area contributed by atoms with Crippen LogP contribution in [-0.2, 0) is 24.4 Å². The molecular weight excluding hydrogens is 393 g/mol. The quantitative estimate of drug-likeness (QED) is 0.593. The van der Waals surface area contributed by atoms with E-state index in [1.165, 1.54) is 6.20 Å². The third-order valence-electron chi connectivity index (χ3n) is 3.98. The van der Waals surface area contributed by atoms with Crippen LogP contribution < -0.4 is 4.74 Å². The average Bonchev–Trinajstić information content (AvgIpc) is 2.96. The van der Waals surface area contributed by atoms with Gasteiger partial charge in [0.2, 0.25) is 0 Å². The van der Waals surface area contributed by atoms with E-state index in [-0.39, 0.29) is 11.6 Å². The van der Waals surface area contributed by atoms with Crippen LogP contribution in [0.2, 0.25) is 0 Å². The Morgan fingerprint density at radius 3 is 2.54 bits per heavy atom. The maximum absolute atomic E-state index is 12.9. The Balaban J connectivity index is 2.16. The third-order valence-corrected chi connectivity index (χ3v) is 5.30. The molecule has 0 aromatic carbocycles. The topological polar surface area (TPSA) is 75.9 Å². The van der Waals surface area contributed by atoms with E-state index in [0.29, 0.717) is 33.4 Å². The number of halogens is 3. The van der Waals surface area contributed by atoms with E-state index in [4.69, 9.17) is 4.74 Å². The summed E-state index contributed by atoms with van der Waals surface area (Å²) in [7, 11) is 1.65. The predicted octanol–water partition coefficient (Wildman–Crippen LogP) is 3.96. The van der Waals surface area contributed by atoms with Gasteiger partial charge < -0.3 is 13.9 Å². The van der Waals surface area contributed by atoms with Crippen molar-refractivity contribution in [2.45, 2.75) is 37.9 Å². The summed E-state index contributed by atoms with van der Waals surface area (Å²) >= 11 is -1.37. The van der Waals surface area contributed by atoms with Crippen LogP contribution >= 0.6 is 0 Å². The lowest BCUT2D eigenvalue weighted by Crippen LogP contribution is -2.11. The van der Waals surface area contributed by atoms with Gasteiger partial charge in [0.15, 0.2) is 16.4 Å². The van der Waals surface area contributed by atoms with E-state index in [1.807, 2.05) is 13.8 Å². The Bertz CT molecular complexity index is 1000. The van der Waals surface area contributed by atoms with Crippen molar-refractivity contribution < 1.29 is 22.5 Å². The first-order valence-corrected chi connectivity index (χ1v) is 9.88. The van der Waals surface area contributed by atoms with Gasteiger partial charge in [0, 0.05) is 13.1 Å². The molecule has 1 atom stereocenters. The van der Waals surface area contributed by atoms with Gasteiger partial charge in [0.25, 0.3) is 0 Å². The summed E-state index contributed by atoms with van der Waals surface area (Å²) in [6, 6.07) is 2.53. The van der Waals surface area contributed by atoms with Crippen molar-refractivity contribution in [2.75, 3.05) is 5.75 Å². The molecule has 0 spiro atoms. The molecule has 150 valence electrons. The number of nitrogens with zero attached hydrogens (tertiary/aromatic N) is 4. The third kappa shape index (κ3) is 3.93. The number of aryl methyl sites for hydroxylation is 1. The SMILES string of the molecule is CC[S+]([O-])c1cc(OC(C)C)cnc1-c1nc2cc(C(F)(F)F)ncc2n1C. The standard InChI is InChI=1S/C18H19F3N4O2S/c1-5-28(26)14-6-11(27-10(2)3)8-23-16(14)17-24-12-7-15(18(19,20)21)22-9-13(12)25(17)4/h6-10H,5H2,1-4H3. The highest BCUT2D eigenvalue weighted by Crippen LogP contribution is 2.33. The Hall–Kier alpha value is -2.33. The number of ether oxygens (including phenoxy) is 1. The lowest BCUT2D eigenvalue weighted by molar-refractivity contribution is -0.141. The highest BCUT2D eigenvalue weighted by atomic mass is 32.2. The second-order valence-electron chi connectivity index (χ2n) is 6.37. The maximum Gasteiger partial charge on any atom is 0.433 e. The molecule has 28 heavy (non-hydrogen) atoms. The molecule has 0 aliphatic heterocycles. The molecule has 0 fully saturated rings. The van der Waals surface area contributed by atoms with Crippen LogP contribution in [0.15, 0.2) is 29.4 Å². The predicted molar refractivity (Wildman–Crippen MR) is 99.5 cm³/mol. The molecule has 3 aromatic rings. The summed E-state index contributed by atoms with van der Waals surface area (Å²) in [5.41, 5.74) is -0.128. The molecule has 0 N–H and O–H groups in total. The summed E-state index contributed by atoms with van der Waals surface area (Å²) in [5.74, 6) is 1.13. The summed E-state index contributed by atoms with van der Waals surface area (Å²) in [4.78, 5) is 12.6. The summed E-state index contributed by atoms with van der Waals surface area (Å²) in [5, 5.41) is 0. The van der Waals surface area contributed by atoms with Crippen molar-refractivity contribution in [3.63, 3.8) is 0 Å². The number of pyridine rings is 2. The van der Waals surface area contributed by atoms with Crippen LogP contribution in [0.25, 0.3) is 22.6 Å². The average molecular weight is 412 g/mol. The highest BCUT2D eigenvalue weighted by molar-refractivity contribution is 7.91. The van der Waals surface area contributed by atoms with Gasteiger partial charge in [-0.05, 0) is 38.0 Å². The summed E-state index contributed by atoms with van der Waals surface area (Å²) < 4.78 is 58.6. The number of rotatable bonds is 5. The highest BCUT2D eigenvalue weighted by Gasteiger charge is 2.33. The van der Waals surface area contributed by atoms with Gasteiger partial charge >= 0.3 is 6.18 Å². The van der Waals surface area contributed by atoms with Gasteiger partial charge in [-0.15, -0.1) is 0 Å². The molecule has 3 rings (SSSR count). The molecule has 3 aromatic heterocycles. The molecule has 10 heteroatoms. The summed E-state index contributed by atoms with van der Waals surface area (Å²) in [6.45, 7) is 5.49. The lowest BCUT2D eigenvalue weighted by Gasteiger charge is -2.15. The zero-order valence-corrected chi connectivity index (χ0v) is 16.6. The van der Waals surface area contributed by atoms with E-state index >= 15 is 0 Å². The van der Waals surface area contributed by atoms with Gasteiger partial charge in [0.1, 0.15) is 17.2 Å². The minimum Gasteiger partial charge on any atom is -0.611 e. The molecule has 6 nitrogen and oxygen atoms in total. The van der Waals surface area contributed by atoms with Crippen LogP contribution in [-0.4, -0.2) is 35.9 Å². The Labute approximate surface area is 163 Å². The minimum atomic E-state index is -4.56. The van der Waals surface area contributed by atoms with Crippen LogP contribution in [0.1, 0.15) is 26.5 Å². The van der Waals surface area contributed by atoms with E-state index < -0.39 is 23.0 Å².